The third kappa shape index (κ3) is 3.37. The summed E-state index contributed by atoms with van der Waals surface area (Å²) in [6, 6.07) is 0. The normalized spacial score (nSPS) is 15.9. The molecule has 0 amide bonds. The van der Waals surface area contributed by atoms with Crippen molar-refractivity contribution >= 4 is 22.1 Å². The molecule has 1 aliphatic rings. The van der Waals surface area contributed by atoms with E-state index >= 15 is 0 Å². The highest BCUT2D eigenvalue weighted by atomic mass is 79.9. The van der Waals surface area contributed by atoms with Gasteiger partial charge >= 0.3 is 0 Å². The van der Waals surface area contributed by atoms with Gasteiger partial charge in [-0.15, -0.1) is 0 Å². The zero-order valence-electron chi connectivity index (χ0n) is 6.16. The third-order valence-corrected chi connectivity index (χ3v) is 1.52. The van der Waals surface area contributed by atoms with Crippen LogP contribution < -0.4 is 0 Å². The Labute approximate surface area is 74.8 Å². The Morgan fingerprint density at radius 1 is 1.64 bits per heavy atom. The van der Waals surface area contributed by atoms with E-state index in [4.69, 9.17) is 4.74 Å². The molecule has 0 aromatic rings. The maximum atomic E-state index is 5.36. The van der Waals surface area contributed by atoms with Gasteiger partial charge in [0, 0.05) is 24.2 Å². The second-order valence-corrected chi connectivity index (χ2v) is 2.82. The number of aliphatic imine (C=N–C) groups is 1. The van der Waals surface area contributed by atoms with Gasteiger partial charge in [0.2, 0.25) is 0 Å². The minimum atomic E-state index is 0.705. The molecule has 0 aromatic heterocycles. The van der Waals surface area contributed by atoms with Crippen LogP contribution >= 0.6 is 15.9 Å². The topological polar surface area (TPSA) is 21.6 Å². The Balaban J connectivity index is 2.38. The largest absolute Gasteiger partial charge is 0.493 e. The molecule has 0 radical (unpaired) electrons. The molecule has 2 nitrogen and oxygen atoms in total. The molecular formula is C8H10BrNO. The van der Waals surface area contributed by atoms with E-state index in [0.717, 1.165) is 17.5 Å². The van der Waals surface area contributed by atoms with E-state index in [2.05, 4.69) is 20.9 Å². The first-order chi connectivity index (χ1) is 5.43. The highest BCUT2D eigenvalue weighted by Gasteiger charge is 1.92. The van der Waals surface area contributed by atoms with Gasteiger partial charge in [-0.25, -0.2) is 0 Å². The highest BCUT2D eigenvalue weighted by Crippen LogP contribution is 2.04. The Morgan fingerprint density at radius 3 is 3.36 bits per heavy atom. The average Bonchev–Trinajstić information content (AvgIpc) is 2.28. The van der Waals surface area contributed by atoms with Gasteiger partial charge in [-0.1, -0.05) is 15.9 Å². The molecular weight excluding hydrogens is 206 g/mol. The quantitative estimate of drug-likeness (QED) is 0.663. The first-order valence-electron chi connectivity index (χ1n) is 3.50. The van der Waals surface area contributed by atoms with Crippen molar-refractivity contribution in [3.05, 3.63) is 24.1 Å². The van der Waals surface area contributed by atoms with Gasteiger partial charge in [0.25, 0.3) is 0 Å². The summed E-state index contributed by atoms with van der Waals surface area (Å²) >= 11 is 3.29. The fraction of sp³-hybridized carbons (Fsp3) is 0.375. The van der Waals surface area contributed by atoms with Crippen LogP contribution in [0, 0.1) is 0 Å². The van der Waals surface area contributed by atoms with Crippen molar-refractivity contribution < 1.29 is 4.74 Å². The van der Waals surface area contributed by atoms with Crippen LogP contribution in [0.15, 0.2) is 29.1 Å². The number of allylic oxidation sites excluding steroid dienone is 2. The predicted molar refractivity (Wildman–Crippen MR) is 50.1 cm³/mol. The van der Waals surface area contributed by atoms with Crippen molar-refractivity contribution in [3.8, 4) is 0 Å². The minimum absolute atomic E-state index is 0.705. The van der Waals surface area contributed by atoms with E-state index in [1.807, 2.05) is 18.4 Å². The average molecular weight is 216 g/mol. The molecule has 0 atom stereocenters. The highest BCUT2D eigenvalue weighted by molar-refractivity contribution is 9.09. The lowest BCUT2D eigenvalue weighted by atomic mass is 10.4. The number of hydrogen-bond acceptors (Lipinski definition) is 2. The number of rotatable bonds is 3. The van der Waals surface area contributed by atoms with Crippen LogP contribution in [0.2, 0.25) is 0 Å². The molecule has 0 aliphatic carbocycles. The summed E-state index contributed by atoms with van der Waals surface area (Å²) in [6.45, 7) is 0.705. The van der Waals surface area contributed by atoms with Crippen LogP contribution in [0.3, 0.4) is 0 Å². The van der Waals surface area contributed by atoms with Gasteiger partial charge in [0.05, 0.1) is 6.61 Å². The summed E-state index contributed by atoms with van der Waals surface area (Å²) in [5.74, 6) is 0.905. The fourth-order valence-electron chi connectivity index (χ4n) is 0.739. The van der Waals surface area contributed by atoms with Crippen molar-refractivity contribution in [1.29, 1.82) is 0 Å². The van der Waals surface area contributed by atoms with Crippen LogP contribution in [0.4, 0.5) is 0 Å². The van der Waals surface area contributed by atoms with Crippen molar-refractivity contribution in [2.24, 2.45) is 4.99 Å². The molecule has 0 spiro atoms. The maximum Gasteiger partial charge on any atom is 0.117 e. The summed E-state index contributed by atoms with van der Waals surface area (Å²) in [7, 11) is 0. The molecule has 11 heavy (non-hydrogen) atoms. The van der Waals surface area contributed by atoms with Gasteiger partial charge < -0.3 is 4.74 Å². The first kappa shape index (κ1) is 8.53. The minimum Gasteiger partial charge on any atom is -0.493 e. The van der Waals surface area contributed by atoms with Crippen LogP contribution in [-0.2, 0) is 4.74 Å². The van der Waals surface area contributed by atoms with Crippen molar-refractivity contribution in [2.45, 2.75) is 6.42 Å². The van der Waals surface area contributed by atoms with Crippen LogP contribution in [0.5, 0.6) is 0 Å². The number of halogens is 1. The van der Waals surface area contributed by atoms with Crippen molar-refractivity contribution in [3.63, 3.8) is 0 Å². The Morgan fingerprint density at radius 2 is 2.55 bits per heavy atom. The lowest BCUT2D eigenvalue weighted by molar-refractivity contribution is 0.246. The second-order valence-electron chi connectivity index (χ2n) is 2.03. The third-order valence-electron chi connectivity index (χ3n) is 1.20. The fourth-order valence-corrected chi connectivity index (χ4v) is 0.900. The van der Waals surface area contributed by atoms with Gasteiger partial charge in [0.15, 0.2) is 0 Å². The summed E-state index contributed by atoms with van der Waals surface area (Å²) in [5.41, 5.74) is 0. The summed E-state index contributed by atoms with van der Waals surface area (Å²) in [6.07, 6.45) is 8.32. The summed E-state index contributed by atoms with van der Waals surface area (Å²) < 4.78 is 5.36. The van der Waals surface area contributed by atoms with Gasteiger partial charge in [-0.3, -0.25) is 4.99 Å². The number of alkyl halides is 1. The lowest BCUT2D eigenvalue weighted by Crippen LogP contribution is -1.93. The standard InChI is InChI=1S/C8H10BrNO/c9-4-7-11-8-2-1-5-10-6-3-8/h2-3,5-6H,1,4,7H2. The van der Waals surface area contributed by atoms with Crippen molar-refractivity contribution in [2.75, 3.05) is 11.9 Å². The molecule has 1 rings (SSSR count). The van der Waals surface area contributed by atoms with E-state index in [9.17, 15) is 0 Å². The van der Waals surface area contributed by atoms with Crippen LogP contribution in [0.1, 0.15) is 6.42 Å². The smallest absolute Gasteiger partial charge is 0.117 e. The van der Waals surface area contributed by atoms with E-state index in [0.29, 0.717) is 6.61 Å². The summed E-state index contributed by atoms with van der Waals surface area (Å²) in [4.78, 5) is 3.98. The molecule has 1 aliphatic heterocycles. The van der Waals surface area contributed by atoms with Crippen molar-refractivity contribution in [1.82, 2.24) is 0 Å². The number of nitrogens with zero attached hydrogens (tertiary/aromatic N) is 1. The molecule has 0 fully saturated rings. The zero-order valence-corrected chi connectivity index (χ0v) is 7.75. The van der Waals surface area contributed by atoms with Crippen LogP contribution in [-0.4, -0.2) is 18.2 Å². The zero-order chi connectivity index (χ0) is 7.94. The maximum absolute atomic E-state index is 5.36. The molecule has 0 N–H and O–H groups in total. The van der Waals surface area contributed by atoms with E-state index in [-0.39, 0.29) is 0 Å². The van der Waals surface area contributed by atoms with E-state index in [1.165, 1.54) is 0 Å². The van der Waals surface area contributed by atoms with Gasteiger partial charge in [-0.2, -0.15) is 0 Å². The molecule has 0 saturated carbocycles. The van der Waals surface area contributed by atoms with Gasteiger partial charge in [0.1, 0.15) is 5.76 Å². The number of hydrogen-bond donors (Lipinski definition) is 0. The van der Waals surface area contributed by atoms with E-state index in [1.54, 1.807) is 6.20 Å². The Bertz CT molecular complexity index is 196. The molecule has 0 bridgehead atoms. The predicted octanol–water partition coefficient (Wildman–Crippen LogP) is 2.27. The number of ether oxygens (including phenoxy) is 1. The Kier molecular flexibility index (Phi) is 3.98. The van der Waals surface area contributed by atoms with Crippen LogP contribution in [0.25, 0.3) is 0 Å². The molecule has 1 heterocycles. The second kappa shape index (κ2) is 5.13. The molecule has 0 unspecified atom stereocenters. The first-order valence-corrected chi connectivity index (χ1v) is 4.63. The Hall–Kier alpha value is -0.570. The SMILES string of the molecule is BrCCOC1=CCC=NC=C1. The van der Waals surface area contributed by atoms with Gasteiger partial charge in [-0.05, 0) is 12.2 Å². The molecule has 3 heteroatoms. The molecule has 0 aromatic carbocycles. The molecule has 0 saturated heterocycles. The monoisotopic (exact) mass is 215 g/mol. The molecule has 60 valence electrons. The van der Waals surface area contributed by atoms with E-state index < -0.39 is 0 Å². The lowest BCUT2D eigenvalue weighted by Gasteiger charge is -2.02. The summed E-state index contributed by atoms with van der Waals surface area (Å²) in [5, 5.41) is 0.860.